The number of imide groups is 1. The van der Waals surface area contributed by atoms with E-state index in [1.54, 1.807) is 37.5 Å². The maximum atomic E-state index is 12.9. The SMILES string of the molecule is CCOc1cc(C(CC(C)=O)N2C(=O)C3=CC=CCC3C2=O)ccc1OC. The van der Waals surface area contributed by atoms with Gasteiger partial charge in [0.05, 0.1) is 25.7 Å². The lowest BCUT2D eigenvalue weighted by Gasteiger charge is -2.26. The third kappa shape index (κ3) is 3.52. The minimum Gasteiger partial charge on any atom is -0.493 e. The molecule has 0 spiro atoms. The molecule has 3 rings (SSSR count). The summed E-state index contributed by atoms with van der Waals surface area (Å²) in [6.45, 7) is 3.76. The number of carbonyl (C=O) groups excluding carboxylic acids is 3. The van der Waals surface area contributed by atoms with Crippen LogP contribution in [0.15, 0.2) is 42.0 Å². The predicted molar refractivity (Wildman–Crippen MR) is 99.4 cm³/mol. The first-order valence-electron chi connectivity index (χ1n) is 9.02. The van der Waals surface area contributed by atoms with Crippen molar-refractivity contribution in [3.05, 3.63) is 47.6 Å². The Kier molecular flexibility index (Phi) is 5.44. The topological polar surface area (TPSA) is 72.9 Å². The first-order chi connectivity index (χ1) is 13.0. The second kappa shape index (κ2) is 7.78. The van der Waals surface area contributed by atoms with Crippen molar-refractivity contribution in [3.63, 3.8) is 0 Å². The molecule has 2 atom stereocenters. The van der Waals surface area contributed by atoms with Gasteiger partial charge in [-0.3, -0.25) is 19.3 Å². The van der Waals surface area contributed by atoms with Gasteiger partial charge in [0.25, 0.3) is 5.91 Å². The minimum absolute atomic E-state index is 0.0583. The van der Waals surface area contributed by atoms with Crippen LogP contribution in [0.1, 0.15) is 38.3 Å². The van der Waals surface area contributed by atoms with Gasteiger partial charge in [-0.15, -0.1) is 0 Å². The highest BCUT2D eigenvalue weighted by molar-refractivity contribution is 6.15. The third-order valence-electron chi connectivity index (χ3n) is 4.83. The van der Waals surface area contributed by atoms with Gasteiger partial charge in [0, 0.05) is 12.0 Å². The zero-order chi connectivity index (χ0) is 19.6. The number of allylic oxidation sites excluding steroid dienone is 3. The average Bonchev–Trinajstić information content (AvgIpc) is 2.91. The molecule has 1 heterocycles. The molecule has 1 aromatic rings. The van der Waals surface area contributed by atoms with E-state index in [1.807, 2.05) is 13.0 Å². The Bertz CT molecular complexity index is 839. The number of methoxy groups -OCH3 is 1. The fourth-order valence-corrected chi connectivity index (χ4v) is 3.59. The van der Waals surface area contributed by atoms with Crippen LogP contribution < -0.4 is 9.47 Å². The highest BCUT2D eigenvalue weighted by Gasteiger charge is 2.46. The largest absolute Gasteiger partial charge is 0.493 e. The van der Waals surface area contributed by atoms with Crippen molar-refractivity contribution in [2.24, 2.45) is 5.92 Å². The summed E-state index contributed by atoms with van der Waals surface area (Å²) in [4.78, 5) is 39.0. The molecule has 2 aliphatic rings. The normalized spacial score (nSPS) is 19.6. The molecular weight excluding hydrogens is 346 g/mol. The van der Waals surface area contributed by atoms with Crippen LogP contribution in [0.3, 0.4) is 0 Å². The zero-order valence-corrected chi connectivity index (χ0v) is 15.7. The number of amides is 2. The number of fused-ring (bicyclic) bond motifs is 1. The fourth-order valence-electron chi connectivity index (χ4n) is 3.59. The van der Waals surface area contributed by atoms with Crippen LogP contribution in [0.25, 0.3) is 0 Å². The van der Waals surface area contributed by atoms with Gasteiger partial charge in [-0.1, -0.05) is 24.3 Å². The summed E-state index contributed by atoms with van der Waals surface area (Å²) in [6.07, 6.45) is 5.93. The van der Waals surface area contributed by atoms with Gasteiger partial charge in [0.15, 0.2) is 11.5 Å². The number of nitrogens with zero attached hydrogens (tertiary/aromatic N) is 1. The number of ketones is 1. The average molecular weight is 369 g/mol. The number of hydrogen-bond acceptors (Lipinski definition) is 5. The molecule has 27 heavy (non-hydrogen) atoms. The maximum Gasteiger partial charge on any atom is 0.257 e. The summed E-state index contributed by atoms with van der Waals surface area (Å²) in [6, 6.07) is 4.57. The molecule has 2 unspecified atom stereocenters. The van der Waals surface area contributed by atoms with Crippen molar-refractivity contribution in [1.82, 2.24) is 4.90 Å². The van der Waals surface area contributed by atoms with E-state index >= 15 is 0 Å². The number of hydrogen-bond donors (Lipinski definition) is 0. The highest BCUT2D eigenvalue weighted by atomic mass is 16.5. The van der Waals surface area contributed by atoms with Crippen molar-refractivity contribution in [2.75, 3.05) is 13.7 Å². The fraction of sp³-hybridized carbons (Fsp3) is 0.381. The Balaban J connectivity index is 2.02. The molecule has 6 heteroatoms. The van der Waals surface area contributed by atoms with E-state index in [4.69, 9.17) is 9.47 Å². The lowest BCUT2D eigenvalue weighted by molar-refractivity contribution is -0.142. The van der Waals surface area contributed by atoms with E-state index in [0.717, 1.165) is 0 Å². The van der Waals surface area contributed by atoms with Crippen LogP contribution in [0.5, 0.6) is 11.5 Å². The molecule has 142 valence electrons. The number of Topliss-reactive ketones (excluding diaryl/α,β-unsaturated/α-hetero) is 1. The molecule has 0 N–H and O–H groups in total. The van der Waals surface area contributed by atoms with Crippen molar-refractivity contribution in [2.45, 2.75) is 32.7 Å². The van der Waals surface area contributed by atoms with Crippen molar-refractivity contribution >= 4 is 17.6 Å². The molecule has 0 aromatic heterocycles. The monoisotopic (exact) mass is 369 g/mol. The van der Waals surface area contributed by atoms with E-state index < -0.39 is 12.0 Å². The van der Waals surface area contributed by atoms with Crippen molar-refractivity contribution in [1.29, 1.82) is 0 Å². The Morgan fingerprint density at radius 3 is 2.70 bits per heavy atom. The smallest absolute Gasteiger partial charge is 0.257 e. The molecule has 0 bridgehead atoms. The molecule has 2 amide bonds. The van der Waals surface area contributed by atoms with E-state index in [2.05, 4.69) is 0 Å². The van der Waals surface area contributed by atoms with Crippen molar-refractivity contribution in [3.8, 4) is 11.5 Å². The molecule has 0 radical (unpaired) electrons. The van der Waals surface area contributed by atoms with Gasteiger partial charge < -0.3 is 9.47 Å². The number of likely N-dealkylation sites (tertiary alicyclic amines) is 1. The van der Waals surface area contributed by atoms with Crippen LogP contribution in [0.2, 0.25) is 0 Å². The van der Waals surface area contributed by atoms with Gasteiger partial charge in [0.1, 0.15) is 5.78 Å². The van der Waals surface area contributed by atoms with Crippen LogP contribution in [-0.4, -0.2) is 36.2 Å². The Morgan fingerprint density at radius 2 is 2.07 bits per heavy atom. The van der Waals surface area contributed by atoms with Crippen LogP contribution in [0, 0.1) is 5.92 Å². The molecule has 0 saturated carbocycles. The Hall–Kier alpha value is -2.89. The lowest BCUT2D eigenvalue weighted by atomic mass is 9.94. The number of benzene rings is 1. The zero-order valence-electron chi connectivity index (χ0n) is 15.7. The van der Waals surface area contributed by atoms with E-state index in [0.29, 0.717) is 35.7 Å². The van der Waals surface area contributed by atoms with Gasteiger partial charge >= 0.3 is 0 Å². The van der Waals surface area contributed by atoms with E-state index in [9.17, 15) is 14.4 Å². The number of ether oxygens (including phenoxy) is 2. The third-order valence-corrected chi connectivity index (χ3v) is 4.83. The summed E-state index contributed by atoms with van der Waals surface area (Å²) in [7, 11) is 1.54. The summed E-state index contributed by atoms with van der Waals surface area (Å²) in [5.41, 5.74) is 1.16. The molecule has 1 aliphatic heterocycles. The van der Waals surface area contributed by atoms with Gasteiger partial charge in [-0.2, -0.15) is 0 Å². The Morgan fingerprint density at radius 1 is 1.30 bits per heavy atom. The van der Waals surface area contributed by atoms with Gasteiger partial charge in [0.2, 0.25) is 5.91 Å². The molecular formula is C21H23NO5. The highest BCUT2D eigenvalue weighted by Crippen LogP contribution is 2.40. The van der Waals surface area contributed by atoms with Crippen LogP contribution >= 0.6 is 0 Å². The van der Waals surface area contributed by atoms with Crippen LogP contribution in [-0.2, 0) is 14.4 Å². The second-order valence-electron chi connectivity index (χ2n) is 6.62. The van der Waals surface area contributed by atoms with Crippen LogP contribution in [0.4, 0.5) is 0 Å². The molecule has 1 aliphatic carbocycles. The number of rotatable bonds is 7. The first-order valence-corrected chi connectivity index (χ1v) is 9.02. The predicted octanol–water partition coefficient (Wildman–Crippen LogP) is 2.99. The molecule has 1 saturated heterocycles. The van der Waals surface area contributed by atoms with Gasteiger partial charge in [-0.25, -0.2) is 0 Å². The summed E-state index contributed by atoms with van der Waals surface area (Å²) < 4.78 is 10.9. The summed E-state index contributed by atoms with van der Waals surface area (Å²) in [5.74, 6) is -0.0618. The van der Waals surface area contributed by atoms with Gasteiger partial charge in [-0.05, 0) is 38.0 Å². The quantitative estimate of drug-likeness (QED) is 0.691. The Labute approximate surface area is 158 Å². The molecule has 1 fully saturated rings. The first kappa shape index (κ1) is 18.9. The number of carbonyl (C=O) groups is 3. The molecule has 1 aromatic carbocycles. The standard InChI is InChI=1S/C21H23NO5/c1-4-27-19-12-14(9-10-18(19)26-3)17(11-13(2)23)22-20(24)15-7-5-6-8-16(15)21(22)25/h5-7,9-10,12,16-17H,4,8,11H2,1-3H3. The summed E-state index contributed by atoms with van der Waals surface area (Å²) >= 11 is 0. The maximum absolute atomic E-state index is 12.9. The van der Waals surface area contributed by atoms with E-state index in [1.165, 1.54) is 11.8 Å². The van der Waals surface area contributed by atoms with Crippen molar-refractivity contribution < 1.29 is 23.9 Å². The minimum atomic E-state index is -0.667. The molecule has 6 nitrogen and oxygen atoms in total. The van der Waals surface area contributed by atoms with E-state index in [-0.39, 0.29) is 24.0 Å². The second-order valence-corrected chi connectivity index (χ2v) is 6.62. The lowest BCUT2D eigenvalue weighted by Crippen LogP contribution is -2.35. The summed E-state index contributed by atoms with van der Waals surface area (Å²) in [5, 5.41) is 0.